The first-order valence-electron chi connectivity index (χ1n) is 15.2. The Bertz CT molecular complexity index is 1810. The zero-order valence-electron chi connectivity index (χ0n) is 27.7. The van der Waals surface area contributed by atoms with Gasteiger partial charge in [-0.05, 0) is 65.1 Å². The molecule has 4 aromatic rings. The fraction of sp³-hybridized carbons (Fsp3) is 0.333. The molecule has 0 fully saturated rings. The third kappa shape index (κ3) is 6.70. The fourth-order valence-electron chi connectivity index (χ4n) is 6.21. The van der Waals surface area contributed by atoms with Crippen LogP contribution in [-0.2, 0) is 22.5 Å². The van der Waals surface area contributed by atoms with Gasteiger partial charge in [0.15, 0.2) is 28.8 Å². The van der Waals surface area contributed by atoms with E-state index in [0.717, 1.165) is 16.7 Å². The van der Waals surface area contributed by atoms with E-state index in [0.29, 0.717) is 47.3 Å². The number of phenolic OH excluding ortho intramolecular Hbond substituents is 1. The van der Waals surface area contributed by atoms with E-state index >= 15 is 0 Å². The molecular weight excluding hydrogens is 622 g/mol. The van der Waals surface area contributed by atoms with Crippen LogP contribution >= 0.6 is 0 Å². The zero-order chi connectivity index (χ0) is 34.5. The van der Waals surface area contributed by atoms with Crippen LogP contribution in [0.25, 0.3) is 0 Å². The maximum Gasteiger partial charge on any atom is 0.306 e. The number of carbonyl (C=O) groups excluding carboxylic acids is 1. The molecule has 3 aromatic carbocycles. The van der Waals surface area contributed by atoms with Gasteiger partial charge >= 0.3 is 5.97 Å². The van der Waals surface area contributed by atoms with Gasteiger partial charge in [0.25, 0.3) is 0 Å². The summed E-state index contributed by atoms with van der Waals surface area (Å²) >= 11 is 0. The average molecular weight is 662 g/mol. The summed E-state index contributed by atoms with van der Waals surface area (Å²) in [4.78, 5) is 27.8. The number of esters is 1. The van der Waals surface area contributed by atoms with Crippen molar-refractivity contribution in [2.45, 2.75) is 31.3 Å². The van der Waals surface area contributed by atoms with Crippen LogP contribution in [0.4, 0.5) is 0 Å². The number of benzene rings is 3. The van der Waals surface area contributed by atoms with Gasteiger partial charge in [-0.25, -0.2) is 0 Å². The van der Waals surface area contributed by atoms with Gasteiger partial charge in [0.05, 0.1) is 67.6 Å². The smallest absolute Gasteiger partial charge is 0.306 e. The molecule has 1 aliphatic heterocycles. The summed E-state index contributed by atoms with van der Waals surface area (Å²) in [7, 11) is 9.05. The molecule has 0 bridgehead atoms. The Morgan fingerprint density at radius 1 is 0.854 bits per heavy atom. The lowest BCUT2D eigenvalue weighted by Gasteiger charge is -2.38. The lowest BCUT2D eigenvalue weighted by molar-refractivity contribution is -0.140. The molecule has 254 valence electrons. The first-order chi connectivity index (χ1) is 23.1. The van der Waals surface area contributed by atoms with Crippen molar-refractivity contribution in [3.63, 3.8) is 0 Å². The number of rotatable bonds is 12. The van der Waals surface area contributed by atoms with Crippen molar-refractivity contribution in [3.8, 4) is 40.2 Å². The fourth-order valence-corrected chi connectivity index (χ4v) is 6.21. The van der Waals surface area contributed by atoms with Crippen LogP contribution in [0.1, 0.15) is 52.2 Å². The molecule has 0 unspecified atom stereocenters. The second-order valence-electron chi connectivity index (χ2n) is 11.2. The second kappa shape index (κ2) is 14.6. The molecule has 12 nitrogen and oxygen atoms in total. The normalized spacial score (nSPS) is 14.8. The van der Waals surface area contributed by atoms with Crippen LogP contribution in [0, 0.1) is 0 Å². The standard InChI is InChI=1S/C36H39NO11/c1-42-28-13-21-11-12-37(33(25(21)17-29(28)43-2)22-14-30(44-3)36(47-6)31(15-22)45-4)19-24-16-27(39)34(41)35(48-24)26(18-32(40)46-5)20-7-9-23(38)10-8-20/h7-10,13-17,26,33,38,41H,11-12,18-19H2,1-6H3/t26-,33-/m0/s1. The number of carbonyl (C=O) groups is 1. The topological polar surface area (TPSA) is 146 Å². The van der Waals surface area contributed by atoms with E-state index in [1.807, 2.05) is 24.3 Å². The molecule has 1 aliphatic rings. The lowest BCUT2D eigenvalue weighted by Crippen LogP contribution is -2.36. The van der Waals surface area contributed by atoms with E-state index in [-0.39, 0.29) is 30.2 Å². The van der Waals surface area contributed by atoms with Gasteiger partial charge < -0.3 is 43.1 Å². The lowest BCUT2D eigenvalue weighted by atomic mass is 9.87. The summed E-state index contributed by atoms with van der Waals surface area (Å²) in [6, 6.07) is 14.6. The molecule has 0 saturated heterocycles. The van der Waals surface area contributed by atoms with Gasteiger partial charge in [0.1, 0.15) is 11.5 Å². The summed E-state index contributed by atoms with van der Waals surface area (Å²) in [6.45, 7) is 0.700. The molecule has 5 rings (SSSR count). The highest BCUT2D eigenvalue weighted by Gasteiger charge is 2.34. The SMILES string of the molecule is COC(=O)C[C@@H](c1ccc(O)cc1)c1oc(CN2CCc3cc(OC)c(OC)cc3[C@@H]2c2cc(OC)c(OC)c(OC)c2)cc(=O)c1O. The summed E-state index contributed by atoms with van der Waals surface area (Å²) in [5, 5.41) is 20.8. The molecule has 0 radical (unpaired) electrons. The molecule has 2 N–H and O–H groups in total. The van der Waals surface area contributed by atoms with Gasteiger partial charge in [-0.2, -0.15) is 0 Å². The van der Waals surface area contributed by atoms with Gasteiger partial charge in [0, 0.05) is 12.6 Å². The second-order valence-corrected chi connectivity index (χ2v) is 11.2. The molecular formula is C36H39NO11. The van der Waals surface area contributed by atoms with Crippen molar-refractivity contribution in [2.24, 2.45) is 0 Å². The molecule has 0 amide bonds. The molecule has 2 heterocycles. The molecule has 0 aliphatic carbocycles. The molecule has 0 spiro atoms. The first kappa shape index (κ1) is 34.0. The Morgan fingerprint density at radius 2 is 1.48 bits per heavy atom. The van der Waals surface area contributed by atoms with Crippen LogP contribution in [0.5, 0.6) is 40.2 Å². The number of nitrogens with zero attached hydrogens (tertiary/aromatic N) is 1. The Hall–Kier alpha value is -5.36. The molecule has 48 heavy (non-hydrogen) atoms. The Morgan fingerprint density at radius 3 is 2.06 bits per heavy atom. The van der Waals surface area contributed by atoms with Crippen molar-refractivity contribution >= 4 is 5.97 Å². The van der Waals surface area contributed by atoms with Crippen LogP contribution < -0.4 is 29.1 Å². The van der Waals surface area contributed by atoms with Crippen molar-refractivity contribution in [1.82, 2.24) is 4.90 Å². The van der Waals surface area contributed by atoms with Crippen LogP contribution in [0.15, 0.2) is 63.8 Å². The van der Waals surface area contributed by atoms with Crippen LogP contribution in [0.3, 0.4) is 0 Å². The quantitative estimate of drug-likeness (QED) is 0.198. The Kier molecular flexibility index (Phi) is 10.3. The van der Waals surface area contributed by atoms with E-state index in [1.54, 1.807) is 40.6 Å². The van der Waals surface area contributed by atoms with E-state index in [9.17, 15) is 19.8 Å². The highest BCUT2D eigenvalue weighted by Crippen LogP contribution is 2.46. The van der Waals surface area contributed by atoms with Gasteiger partial charge in [0.2, 0.25) is 16.9 Å². The van der Waals surface area contributed by atoms with Crippen molar-refractivity contribution in [3.05, 3.63) is 98.6 Å². The van der Waals surface area contributed by atoms with Crippen LogP contribution in [-0.4, -0.2) is 70.3 Å². The Labute approximate surface area is 277 Å². The third-order valence-electron chi connectivity index (χ3n) is 8.55. The minimum atomic E-state index is -0.865. The summed E-state index contributed by atoms with van der Waals surface area (Å²) in [6.07, 6.45) is 0.429. The predicted molar refractivity (Wildman–Crippen MR) is 175 cm³/mol. The minimum Gasteiger partial charge on any atom is -0.508 e. The number of hydrogen-bond acceptors (Lipinski definition) is 12. The van der Waals surface area contributed by atoms with E-state index in [1.165, 1.54) is 32.4 Å². The molecule has 1 aromatic heterocycles. The van der Waals surface area contributed by atoms with Crippen molar-refractivity contribution in [2.75, 3.05) is 49.2 Å². The van der Waals surface area contributed by atoms with E-state index in [4.69, 9.17) is 32.8 Å². The van der Waals surface area contributed by atoms with E-state index in [2.05, 4.69) is 4.90 Å². The molecule has 2 atom stereocenters. The largest absolute Gasteiger partial charge is 0.508 e. The molecule has 0 saturated carbocycles. The monoisotopic (exact) mass is 661 g/mol. The van der Waals surface area contributed by atoms with Crippen LogP contribution in [0.2, 0.25) is 0 Å². The first-order valence-corrected chi connectivity index (χ1v) is 15.2. The maximum atomic E-state index is 13.2. The summed E-state index contributed by atoms with van der Waals surface area (Å²) < 4.78 is 39.4. The highest BCUT2D eigenvalue weighted by atomic mass is 16.5. The number of hydrogen-bond donors (Lipinski definition) is 2. The zero-order valence-corrected chi connectivity index (χ0v) is 27.7. The summed E-state index contributed by atoms with van der Waals surface area (Å²) in [5.74, 6) is 0.700. The van der Waals surface area contributed by atoms with Gasteiger partial charge in [-0.15, -0.1) is 0 Å². The Balaban J connectivity index is 1.65. The minimum absolute atomic E-state index is 0.0208. The van der Waals surface area contributed by atoms with E-state index < -0.39 is 29.1 Å². The van der Waals surface area contributed by atoms with Crippen molar-refractivity contribution < 1.29 is 47.8 Å². The highest BCUT2D eigenvalue weighted by molar-refractivity contribution is 5.71. The number of aromatic hydroxyl groups is 2. The third-order valence-corrected chi connectivity index (χ3v) is 8.55. The van der Waals surface area contributed by atoms with Gasteiger partial charge in [-0.3, -0.25) is 14.5 Å². The van der Waals surface area contributed by atoms with Gasteiger partial charge in [-0.1, -0.05) is 12.1 Å². The maximum absolute atomic E-state index is 13.2. The number of fused-ring (bicyclic) bond motifs is 1. The van der Waals surface area contributed by atoms with Crippen molar-refractivity contribution in [1.29, 1.82) is 0 Å². The number of methoxy groups -OCH3 is 6. The summed E-state index contributed by atoms with van der Waals surface area (Å²) in [5.41, 5.74) is 2.67. The predicted octanol–water partition coefficient (Wildman–Crippen LogP) is 4.94. The number of phenols is 1. The molecule has 12 heteroatoms. The number of ether oxygens (including phenoxy) is 6. The average Bonchev–Trinajstić information content (AvgIpc) is 3.10.